The molecule has 4 rings (SSSR count). The molecular weight excluding hydrogens is 334 g/mol. The van der Waals surface area contributed by atoms with Gasteiger partial charge in [0, 0.05) is 23.1 Å². The Morgan fingerprint density at radius 3 is 2.70 bits per heavy atom. The first-order valence-corrected chi connectivity index (χ1v) is 9.03. The Balaban J connectivity index is 2.00. The Morgan fingerprint density at radius 2 is 1.89 bits per heavy atom. The van der Waals surface area contributed by atoms with Gasteiger partial charge < -0.3 is 5.32 Å². The number of hydrogen-bond donors (Lipinski definition) is 1. The molecule has 0 fully saturated rings. The summed E-state index contributed by atoms with van der Waals surface area (Å²) in [6, 6.07) is 13.6. The summed E-state index contributed by atoms with van der Waals surface area (Å²) in [7, 11) is 0. The molecule has 0 atom stereocenters. The monoisotopic (exact) mass is 355 g/mol. The van der Waals surface area contributed by atoms with E-state index in [1.807, 2.05) is 73.0 Å². The zero-order chi connectivity index (χ0) is 18.8. The zero-order valence-electron chi connectivity index (χ0n) is 15.4. The lowest BCUT2D eigenvalue weighted by atomic mass is 10.1. The number of aryl methyl sites for hydroxylation is 2. The van der Waals surface area contributed by atoms with Crippen molar-refractivity contribution in [3.05, 3.63) is 100 Å². The van der Waals surface area contributed by atoms with Crippen molar-refractivity contribution in [3.63, 3.8) is 0 Å². The van der Waals surface area contributed by atoms with Gasteiger partial charge in [-0.05, 0) is 50.1 Å². The van der Waals surface area contributed by atoms with Gasteiger partial charge in [0.25, 0.3) is 0 Å². The number of para-hydroxylation sites is 1. The number of nitrogens with one attached hydrogen (secondary N) is 1. The maximum atomic E-state index is 12.9. The van der Waals surface area contributed by atoms with Gasteiger partial charge in [-0.2, -0.15) is 0 Å². The van der Waals surface area contributed by atoms with Crippen LogP contribution in [0.1, 0.15) is 17.7 Å². The highest BCUT2D eigenvalue weighted by Gasteiger charge is 2.15. The molecule has 4 heteroatoms. The lowest BCUT2D eigenvalue weighted by molar-refractivity contribution is 1.04. The summed E-state index contributed by atoms with van der Waals surface area (Å²) in [5.74, 6) is 0.703. The molecule has 0 amide bonds. The van der Waals surface area contributed by atoms with Crippen LogP contribution < -0.4 is 10.7 Å². The van der Waals surface area contributed by atoms with Crippen LogP contribution in [0.5, 0.6) is 0 Å². The number of fused-ring (bicyclic) bond motifs is 1. The fourth-order valence-corrected chi connectivity index (χ4v) is 3.41. The summed E-state index contributed by atoms with van der Waals surface area (Å²) in [5, 5.41) is 4.07. The van der Waals surface area contributed by atoms with Crippen LogP contribution in [0.2, 0.25) is 0 Å². The van der Waals surface area contributed by atoms with Crippen molar-refractivity contribution in [1.82, 2.24) is 9.55 Å². The molecule has 134 valence electrons. The van der Waals surface area contributed by atoms with Crippen LogP contribution in [-0.4, -0.2) is 9.55 Å². The van der Waals surface area contributed by atoms with E-state index >= 15 is 0 Å². The highest BCUT2D eigenvalue weighted by Crippen LogP contribution is 2.25. The van der Waals surface area contributed by atoms with E-state index < -0.39 is 0 Å². The van der Waals surface area contributed by atoms with Crippen LogP contribution in [0.15, 0.2) is 83.3 Å². The summed E-state index contributed by atoms with van der Waals surface area (Å²) in [5.41, 5.74) is 4.38. The highest BCUT2D eigenvalue weighted by atomic mass is 16.1. The summed E-state index contributed by atoms with van der Waals surface area (Å²) in [6.07, 6.45) is 11.0. The molecule has 27 heavy (non-hydrogen) atoms. The van der Waals surface area contributed by atoms with Crippen molar-refractivity contribution in [2.75, 3.05) is 5.32 Å². The van der Waals surface area contributed by atoms with Crippen LogP contribution in [0.4, 0.5) is 5.82 Å². The lowest BCUT2D eigenvalue weighted by Crippen LogP contribution is -2.16. The van der Waals surface area contributed by atoms with Crippen LogP contribution in [0.3, 0.4) is 0 Å². The van der Waals surface area contributed by atoms with E-state index in [4.69, 9.17) is 4.98 Å². The molecule has 0 aliphatic heterocycles. The largest absolute Gasteiger partial charge is 0.341 e. The number of allylic oxidation sites excluding steroid dienone is 5. The van der Waals surface area contributed by atoms with Crippen molar-refractivity contribution < 1.29 is 0 Å². The zero-order valence-corrected chi connectivity index (χ0v) is 15.4. The van der Waals surface area contributed by atoms with E-state index in [0.29, 0.717) is 16.9 Å². The predicted octanol–water partition coefficient (Wildman–Crippen LogP) is 4.81. The summed E-state index contributed by atoms with van der Waals surface area (Å²) >= 11 is 0. The third-order valence-electron chi connectivity index (χ3n) is 4.58. The number of rotatable bonds is 3. The topological polar surface area (TPSA) is 46.9 Å². The van der Waals surface area contributed by atoms with Gasteiger partial charge in [-0.3, -0.25) is 9.36 Å². The molecule has 0 spiro atoms. The number of benzene rings is 1. The Bertz CT molecular complexity index is 1150. The first-order valence-electron chi connectivity index (χ1n) is 9.03. The Labute approximate surface area is 158 Å². The van der Waals surface area contributed by atoms with Gasteiger partial charge in [-0.25, -0.2) is 4.98 Å². The molecule has 4 nitrogen and oxygen atoms in total. The number of hydrogen-bond acceptors (Lipinski definition) is 3. The first-order chi connectivity index (χ1) is 13.1. The van der Waals surface area contributed by atoms with Gasteiger partial charge in [0.15, 0.2) is 11.1 Å². The van der Waals surface area contributed by atoms with Crippen LogP contribution in [0.25, 0.3) is 16.7 Å². The van der Waals surface area contributed by atoms with E-state index in [0.717, 1.165) is 29.1 Å². The Morgan fingerprint density at radius 1 is 1.07 bits per heavy atom. The molecule has 0 bridgehead atoms. The minimum Gasteiger partial charge on any atom is -0.341 e. The average molecular weight is 355 g/mol. The summed E-state index contributed by atoms with van der Waals surface area (Å²) in [4.78, 5) is 17.6. The van der Waals surface area contributed by atoms with Gasteiger partial charge in [0.05, 0.1) is 5.39 Å². The van der Waals surface area contributed by atoms with Crippen molar-refractivity contribution in [2.24, 2.45) is 0 Å². The minimum absolute atomic E-state index is 0.0268. The number of nitrogens with zero attached hydrogens (tertiary/aromatic N) is 2. The first kappa shape index (κ1) is 17.0. The second-order valence-corrected chi connectivity index (χ2v) is 6.65. The van der Waals surface area contributed by atoms with Crippen LogP contribution in [0, 0.1) is 13.8 Å². The van der Waals surface area contributed by atoms with Gasteiger partial charge in [-0.1, -0.05) is 42.5 Å². The maximum Gasteiger partial charge on any atom is 0.193 e. The van der Waals surface area contributed by atoms with Crippen molar-refractivity contribution in [3.8, 4) is 5.69 Å². The van der Waals surface area contributed by atoms with E-state index in [9.17, 15) is 4.79 Å². The number of aromatic nitrogens is 2. The highest BCUT2D eigenvalue weighted by molar-refractivity contribution is 5.83. The fourth-order valence-electron chi connectivity index (χ4n) is 3.41. The van der Waals surface area contributed by atoms with E-state index in [-0.39, 0.29) is 5.43 Å². The van der Waals surface area contributed by atoms with E-state index in [1.54, 1.807) is 6.07 Å². The normalized spacial score (nSPS) is 13.5. The lowest BCUT2D eigenvalue weighted by Gasteiger charge is -2.19. The molecule has 1 aromatic carbocycles. The van der Waals surface area contributed by atoms with E-state index in [1.165, 1.54) is 0 Å². The molecule has 1 N–H and O–H groups in total. The molecular formula is C23H21N3O. The molecule has 3 aromatic rings. The van der Waals surface area contributed by atoms with Gasteiger partial charge in [0.1, 0.15) is 5.82 Å². The standard InChI is InChI=1S/C23H21N3O/c1-16-14-17(2)24-23-22(16)20(27)15-21(25-18-10-6-3-4-7-11-18)26(23)19-12-8-5-9-13-19/h3-6,8-15,25H,7H2,1-2H3. The molecule has 0 saturated heterocycles. The SMILES string of the molecule is Cc1cc(C)c2c(=O)cc(NC3=CCC=CC=C3)n(-c3ccccc3)c2n1. The van der Waals surface area contributed by atoms with Gasteiger partial charge in [-0.15, -0.1) is 0 Å². The van der Waals surface area contributed by atoms with Crippen molar-refractivity contribution in [1.29, 1.82) is 0 Å². The molecule has 0 unspecified atom stereocenters. The molecule has 1 aliphatic carbocycles. The van der Waals surface area contributed by atoms with Crippen LogP contribution in [-0.2, 0) is 0 Å². The summed E-state index contributed by atoms with van der Waals surface area (Å²) < 4.78 is 2.02. The Kier molecular flexibility index (Phi) is 4.47. The molecule has 1 aliphatic rings. The summed E-state index contributed by atoms with van der Waals surface area (Å²) in [6.45, 7) is 3.91. The van der Waals surface area contributed by atoms with Crippen molar-refractivity contribution in [2.45, 2.75) is 20.3 Å². The van der Waals surface area contributed by atoms with Crippen LogP contribution >= 0.6 is 0 Å². The Hall–Kier alpha value is -3.40. The smallest absolute Gasteiger partial charge is 0.193 e. The second kappa shape index (κ2) is 7.08. The molecule has 0 radical (unpaired) electrons. The van der Waals surface area contributed by atoms with Gasteiger partial charge >= 0.3 is 0 Å². The number of anilines is 1. The van der Waals surface area contributed by atoms with Crippen molar-refractivity contribution >= 4 is 16.9 Å². The van der Waals surface area contributed by atoms with Gasteiger partial charge in [0.2, 0.25) is 0 Å². The average Bonchev–Trinajstić information content (AvgIpc) is 2.90. The minimum atomic E-state index is -0.0268. The molecule has 2 aromatic heterocycles. The molecule has 0 saturated carbocycles. The molecule has 2 heterocycles. The fraction of sp³-hybridized carbons (Fsp3) is 0.130. The maximum absolute atomic E-state index is 12.9. The number of pyridine rings is 2. The van der Waals surface area contributed by atoms with E-state index in [2.05, 4.69) is 17.5 Å². The third-order valence-corrected chi connectivity index (χ3v) is 4.58. The second-order valence-electron chi connectivity index (χ2n) is 6.65. The quantitative estimate of drug-likeness (QED) is 0.733. The predicted molar refractivity (Wildman–Crippen MR) is 111 cm³/mol. The third kappa shape index (κ3) is 3.34.